The lowest BCUT2D eigenvalue weighted by Gasteiger charge is -2.52. The van der Waals surface area contributed by atoms with Crippen molar-refractivity contribution in [1.29, 1.82) is 0 Å². The molecule has 3 fully saturated rings. The summed E-state index contributed by atoms with van der Waals surface area (Å²) in [5.74, 6) is 1.70. The predicted molar refractivity (Wildman–Crippen MR) is 215 cm³/mol. The highest BCUT2D eigenvalue weighted by atomic mass is 35.5. The number of hydrogen-bond donors (Lipinski definition) is 1. The lowest BCUT2D eigenvalue weighted by molar-refractivity contribution is -0.119. The van der Waals surface area contributed by atoms with Crippen LogP contribution in [0.2, 0.25) is 0 Å². The first-order valence-corrected chi connectivity index (χ1v) is 22.7. The zero-order valence-electron chi connectivity index (χ0n) is 32.9. The second-order valence-electron chi connectivity index (χ2n) is 17.2. The van der Waals surface area contributed by atoms with Gasteiger partial charge in [0.25, 0.3) is 5.91 Å². The molecule has 1 saturated carbocycles. The standard InChI is InChI=1S/C42H63ClN4O6S/c1-5-53-42(28-45-17-19-46(20-18-45)36-25-51-26-36)15-8-9-29(2)31(4)54(49,50)44-41(48)33-12-14-40-39(23-33)47(24-34-11-13-38(34)42)16-7-6-10-32-22-35(43)21-30(3)37(32)27-52-40/h8,12,14-15,21,23,29-32,34,36-38H,5-7,9-11,13,16-20,22,24-28H2,1-4H3,(H,44,48)/b15-8+/t29-,30?,31+,32?,34-,37?,38+,42+/m0/s1. The molecule has 0 radical (unpaired) electrons. The van der Waals surface area contributed by atoms with Crippen molar-refractivity contribution in [2.45, 2.75) is 89.5 Å². The number of rotatable bonds is 5. The van der Waals surface area contributed by atoms with Gasteiger partial charge < -0.3 is 19.1 Å². The number of halogens is 1. The molecule has 4 heterocycles. The van der Waals surface area contributed by atoms with Gasteiger partial charge in [0.1, 0.15) is 11.4 Å². The number of allylic oxidation sites excluding steroid dienone is 3. The Bertz CT molecular complexity index is 1640. The van der Waals surface area contributed by atoms with Gasteiger partial charge in [-0.05, 0) is 100 Å². The van der Waals surface area contributed by atoms with Crippen LogP contribution in [0.25, 0.3) is 0 Å². The Hall–Kier alpha value is -2.15. The number of anilines is 1. The second kappa shape index (κ2) is 17.1. The number of piperazine rings is 1. The third kappa shape index (κ3) is 8.71. The normalized spacial score (nSPS) is 36.5. The minimum atomic E-state index is -3.95. The maximum Gasteiger partial charge on any atom is 0.264 e. The molecule has 2 bridgehead atoms. The van der Waals surface area contributed by atoms with Gasteiger partial charge >= 0.3 is 0 Å². The van der Waals surface area contributed by atoms with E-state index in [4.69, 9.17) is 25.8 Å². The summed E-state index contributed by atoms with van der Waals surface area (Å²) in [4.78, 5) is 21.3. The highest BCUT2D eigenvalue weighted by Crippen LogP contribution is 2.47. The molecule has 300 valence electrons. The summed E-state index contributed by atoms with van der Waals surface area (Å²) in [5.41, 5.74) is 0.691. The number of benzene rings is 1. The van der Waals surface area contributed by atoms with Gasteiger partial charge in [0.05, 0.1) is 36.8 Å². The van der Waals surface area contributed by atoms with E-state index >= 15 is 0 Å². The molecule has 1 amide bonds. The van der Waals surface area contributed by atoms with Crippen LogP contribution in [0, 0.1) is 35.5 Å². The van der Waals surface area contributed by atoms with Gasteiger partial charge in [0, 0.05) is 68.9 Å². The topological polar surface area (TPSA) is 101 Å². The van der Waals surface area contributed by atoms with Gasteiger partial charge in [-0.3, -0.25) is 14.6 Å². The fourth-order valence-corrected chi connectivity index (χ4v) is 11.6. The SMILES string of the molecule is CCO[C@@]1(CN2CCN(C3COC3)CC2)/C=C/C[C@H](C)[C@@H](C)S(=O)(=O)NC(=O)c2ccc3c(c2)N(CCCCC2CC(Cl)=CC(C)C2CO3)C[C@@H]2CC[C@H]21. The van der Waals surface area contributed by atoms with E-state index in [0.717, 1.165) is 114 Å². The Labute approximate surface area is 329 Å². The molecule has 0 aromatic heterocycles. The van der Waals surface area contributed by atoms with Gasteiger partial charge in [-0.1, -0.05) is 50.1 Å². The number of nitrogens with zero attached hydrogens (tertiary/aromatic N) is 3. The maximum atomic E-state index is 13.7. The van der Waals surface area contributed by atoms with Gasteiger partial charge in [-0.2, -0.15) is 0 Å². The maximum absolute atomic E-state index is 13.7. The Morgan fingerprint density at radius 3 is 2.50 bits per heavy atom. The molecule has 1 aromatic rings. The van der Waals surface area contributed by atoms with Crippen molar-refractivity contribution >= 4 is 33.2 Å². The summed E-state index contributed by atoms with van der Waals surface area (Å²) in [6.45, 7) is 17.3. The molecule has 1 aromatic carbocycles. The van der Waals surface area contributed by atoms with Crippen LogP contribution in [0.1, 0.15) is 83.0 Å². The molecule has 2 aliphatic carbocycles. The zero-order chi connectivity index (χ0) is 38.0. The molecule has 6 aliphatic rings. The van der Waals surface area contributed by atoms with Crippen molar-refractivity contribution in [1.82, 2.24) is 14.5 Å². The lowest BCUT2D eigenvalue weighted by Crippen LogP contribution is -2.61. The number of carbonyl (C=O) groups excluding carboxylic acids is 1. The largest absolute Gasteiger partial charge is 0.491 e. The van der Waals surface area contributed by atoms with Gasteiger partial charge in [-0.25, -0.2) is 13.1 Å². The number of fused-ring (bicyclic) bond motifs is 3. The Morgan fingerprint density at radius 1 is 1.00 bits per heavy atom. The smallest absolute Gasteiger partial charge is 0.264 e. The van der Waals surface area contributed by atoms with Crippen LogP contribution in [0.3, 0.4) is 0 Å². The van der Waals surface area contributed by atoms with Gasteiger partial charge in [0.15, 0.2) is 0 Å². The molecule has 1 N–H and O–H groups in total. The summed E-state index contributed by atoms with van der Waals surface area (Å²) >= 11 is 6.63. The summed E-state index contributed by atoms with van der Waals surface area (Å²) in [6.07, 6.45) is 13.5. The molecule has 8 atom stereocenters. The minimum absolute atomic E-state index is 0.212. The lowest BCUT2D eigenvalue weighted by atomic mass is 9.63. The number of hydrogen-bond acceptors (Lipinski definition) is 9. The first-order valence-electron chi connectivity index (χ1n) is 20.8. The summed E-state index contributed by atoms with van der Waals surface area (Å²) in [7, 11) is -3.95. The van der Waals surface area contributed by atoms with Crippen molar-refractivity contribution in [2.75, 3.05) is 77.1 Å². The quantitative estimate of drug-likeness (QED) is 0.345. The second-order valence-corrected chi connectivity index (χ2v) is 19.7. The van der Waals surface area contributed by atoms with Crippen LogP contribution in [0.5, 0.6) is 5.75 Å². The van der Waals surface area contributed by atoms with Crippen LogP contribution in [0.15, 0.2) is 41.5 Å². The van der Waals surface area contributed by atoms with Crippen LogP contribution in [-0.4, -0.2) is 113 Å². The fraction of sp³-hybridized carbons (Fsp3) is 0.738. The molecular formula is C42H63ClN4O6S. The third-order valence-corrected chi connectivity index (χ3v) is 16.0. The van der Waals surface area contributed by atoms with Gasteiger partial charge in [0.2, 0.25) is 10.0 Å². The minimum Gasteiger partial charge on any atom is -0.491 e. The summed E-state index contributed by atoms with van der Waals surface area (Å²) < 4.78 is 49.0. The van der Waals surface area contributed by atoms with E-state index in [-0.39, 0.29) is 5.92 Å². The average Bonchev–Trinajstić information content (AvgIpc) is 3.12. The Kier molecular flexibility index (Phi) is 12.7. The van der Waals surface area contributed by atoms with E-state index in [1.54, 1.807) is 13.0 Å². The van der Waals surface area contributed by atoms with Crippen molar-refractivity contribution in [3.8, 4) is 5.75 Å². The van der Waals surface area contributed by atoms with Crippen molar-refractivity contribution in [3.05, 3.63) is 47.0 Å². The van der Waals surface area contributed by atoms with E-state index in [1.165, 1.54) is 0 Å². The van der Waals surface area contributed by atoms with E-state index < -0.39 is 26.8 Å². The van der Waals surface area contributed by atoms with Crippen molar-refractivity contribution in [3.63, 3.8) is 0 Å². The third-order valence-electron chi connectivity index (χ3n) is 13.8. The summed E-state index contributed by atoms with van der Waals surface area (Å²) in [5, 5.41) is 0.185. The predicted octanol–water partition coefficient (Wildman–Crippen LogP) is 6.31. The van der Waals surface area contributed by atoms with E-state index in [2.05, 4.69) is 51.5 Å². The van der Waals surface area contributed by atoms with Crippen LogP contribution in [-0.2, 0) is 19.5 Å². The average molecular weight is 788 g/mol. The molecule has 10 nitrogen and oxygen atoms in total. The van der Waals surface area contributed by atoms with Crippen molar-refractivity contribution < 1.29 is 27.4 Å². The van der Waals surface area contributed by atoms with Crippen molar-refractivity contribution in [2.24, 2.45) is 35.5 Å². The highest BCUT2D eigenvalue weighted by molar-refractivity contribution is 7.90. The molecule has 3 unspecified atom stereocenters. The number of sulfonamides is 1. The zero-order valence-corrected chi connectivity index (χ0v) is 34.5. The Morgan fingerprint density at radius 2 is 1.80 bits per heavy atom. The molecule has 7 rings (SSSR count). The molecule has 0 spiro atoms. The van der Waals surface area contributed by atoms with E-state index in [1.807, 2.05) is 19.1 Å². The van der Waals surface area contributed by atoms with Gasteiger partial charge in [-0.15, -0.1) is 0 Å². The molecule has 54 heavy (non-hydrogen) atoms. The monoisotopic (exact) mass is 786 g/mol. The first kappa shape index (κ1) is 40.1. The highest BCUT2D eigenvalue weighted by Gasteiger charge is 2.49. The van der Waals surface area contributed by atoms with E-state index in [0.29, 0.717) is 60.8 Å². The summed E-state index contributed by atoms with van der Waals surface area (Å²) in [6, 6.07) is 6.00. The molecule has 4 aliphatic heterocycles. The number of ether oxygens (including phenoxy) is 3. The van der Waals surface area contributed by atoms with Crippen LogP contribution >= 0.6 is 11.6 Å². The number of nitrogens with one attached hydrogen (secondary N) is 1. The van der Waals surface area contributed by atoms with E-state index in [9.17, 15) is 13.2 Å². The fourth-order valence-electron chi connectivity index (χ4n) is 9.95. The number of amides is 1. The molecular weight excluding hydrogens is 724 g/mol. The molecule has 2 saturated heterocycles. The molecule has 12 heteroatoms. The van der Waals surface area contributed by atoms with Crippen LogP contribution < -0.4 is 14.4 Å². The first-order chi connectivity index (χ1) is 26.0. The Balaban J connectivity index is 1.23. The van der Waals surface area contributed by atoms with Crippen LogP contribution in [0.4, 0.5) is 5.69 Å². The number of carbonyl (C=O) groups is 1.